The lowest BCUT2D eigenvalue weighted by Gasteiger charge is -2.15. The zero-order valence-corrected chi connectivity index (χ0v) is 11.6. The molecule has 0 bridgehead atoms. The van der Waals surface area contributed by atoms with Crippen molar-refractivity contribution in [3.63, 3.8) is 0 Å². The number of rotatable bonds is 3. The molecule has 0 saturated heterocycles. The summed E-state index contributed by atoms with van der Waals surface area (Å²) >= 11 is 4.55. The molecular formula is C8H4BrF5INO. The fourth-order valence-corrected chi connectivity index (χ4v) is 2.10. The maximum atomic E-state index is 12.6. The zero-order chi connectivity index (χ0) is 13.2. The summed E-state index contributed by atoms with van der Waals surface area (Å²) in [5.41, 5.74) is -1.04. The van der Waals surface area contributed by atoms with E-state index in [2.05, 4.69) is 25.7 Å². The van der Waals surface area contributed by atoms with Gasteiger partial charge in [0.05, 0.1) is 0 Å². The van der Waals surface area contributed by atoms with Gasteiger partial charge in [0, 0.05) is 10.9 Å². The van der Waals surface area contributed by atoms with Crippen LogP contribution >= 0.6 is 38.5 Å². The van der Waals surface area contributed by atoms with Crippen LogP contribution in [0.2, 0.25) is 0 Å². The molecule has 0 aliphatic heterocycles. The monoisotopic (exact) mass is 431 g/mol. The summed E-state index contributed by atoms with van der Waals surface area (Å²) in [5.74, 6) is -0.940. The van der Waals surface area contributed by atoms with E-state index in [1.807, 2.05) is 0 Å². The fourth-order valence-electron chi connectivity index (χ4n) is 1.05. The summed E-state index contributed by atoms with van der Waals surface area (Å²) in [6.45, 7) is 0. The second-order valence-corrected chi connectivity index (χ2v) is 4.47. The van der Waals surface area contributed by atoms with Gasteiger partial charge in [0.25, 0.3) is 6.43 Å². The Morgan fingerprint density at radius 2 is 2.00 bits per heavy atom. The molecule has 0 unspecified atom stereocenters. The fraction of sp³-hybridized carbons (Fsp3) is 0.375. The molecule has 0 N–H and O–H groups in total. The minimum absolute atomic E-state index is 0.0305. The quantitative estimate of drug-likeness (QED) is 0.306. The van der Waals surface area contributed by atoms with Gasteiger partial charge in [-0.25, -0.2) is 13.8 Å². The molecule has 0 aliphatic carbocycles. The smallest absolute Gasteiger partial charge is 0.403 e. The van der Waals surface area contributed by atoms with E-state index in [9.17, 15) is 22.0 Å². The zero-order valence-electron chi connectivity index (χ0n) is 7.86. The number of hydrogen-bond acceptors (Lipinski definition) is 2. The summed E-state index contributed by atoms with van der Waals surface area (Å²) < 4.78 is 65.2. The first-order valence-corrected chi connectivity index (χ1v) is 6.23. The van der Waals surface area contributed by atoms with Crippen LogP contribution in [0.15, 0.2) is 6.07 Å². The lowest BCUT2D eigenvalue weighted by molar-refractivity contribution is -0.275. The average molecular weight is 432 g/mol. The van der Waals surface area contributed by atoms with E-state index >= 15 is 0 Å². The van der Waals surface area contributed by atoms with Crippen LogP contribution < -0.4 is 4.74 Å². The Balaban J connectivity index is 3.32. The van der Waals surface area contributed by atoms with Crippen LogP contribution in [0.4, 0.5) is 22.0 Å². The van der Waals surface area contributed by atoms with Gasteiger partial charge in [-0.3, -0.25) is 0 Å². The molecule has 96 valence electrons. The van der Waals surface area contributed by atoms with Crippen molar-refractivity contribution in [1.29, 1.82) is 0 Å². The topological polar surface area (TPSA) is 22.1 Å². The number of alkyl halides is 6. The lowest BCUT2D eigenvalue weighted by Crippen LogP contribution is -2.20. The third kappa shape index (κ3) is 4.19. The third-order valence-electron chi connectivity index (χ3n) is 1.61. The van der Waals surface area contributed by atoms with Crippen LogP contribution in [0.1, 0.15) is 17.7 Å². The van der Waals surface area contributed by atoms with Gasteiger partial charge in [-0.2, -0.15) is 0 Å². The Kier molecular flexibility index (Phi) is 4.93. The van der Waals surface area contributed by atoms with Gasteiger partial charge in [0.1, 0.15) is 3.70 Å². The van der Waals surface area contributed by atoms with Crippen molar-refractivity contribution >= 4 is 38.5 Å². The highest BCUT2D eigenvalue weighted by atomic mass is 127. The molecule has 1 rings (SSSR count). The van der Waals surface area contributed by atoms with E-state index in [4.69, 9.17) is 0 Å². The molecule has 0 amide bonds. The van der Waals surface area contributed by atoms with Gasteiger partial charge >= 0.3 is 6.36 Å². The van der Waals surface area contributed by atoms with Crippen LogP contribution in [0.5, 0.6) is 5.75 Å². The van der Waals surface area contributed by atoms with Crippen LogP contribution in [-0.4, -0.2) is 11.3 Å². The van der Waals surface area contributed by atoms with E-state index in [1.165, 1.54) is 6.07 Å². The first kappa shape index (κ1) is 14.9. The number of pyridine rings is 1. The first-order chi connectivity index (χ1) is 7.74. The number of nitrogens with zero attached hydrogens (tertiary/aromatic N) is 1. The Labute approximate surface area is 115 Å². The maximum absolute atomic E-state index is 12.6. The number of ether oxygens (including phenoxy) is 1. The molecule has 2 nitrogen and oxygen atoms in total. The van der Waals surface area contributed by atoms with Crippen molar-refractivity contribution < 1.29 is 26.7 Å². The Morgan fingerprint density at radius 3 is 2.41 bits per heavy atom. The van der Waals surface area contributed by atoms with E-state index < -0.39 is 24.2 Å². The molecule has 17 heavy (non-hydrogen) atoms. The molecule has 0 aliphatic rings. The molecule has 1 heterocycles. The van der Waals surface area contributed by atoms with E-state index in [1.54, 1.807) is 22.6 Å². The first-order valence-electron chi connectivity index (χ1n) is 4.03. The highest BCUT2D eigenvalue weighted by molar-refractivity contribution is 14.1. The second-order valence-electron chi connectivity index (χ2n) is 2.80. The van der Waals surface area contributed by atoms with Crippen molar-refractivity contribution in [1.82, 2.24) is 4.98 Å². The minimum atomic E-state index is -5.03. The van der Waals surface area contributed by atoms with E-state index in [0.29, 0.717) is 0 Å². The molecule has 0 fully saturated rings. The summed E-state index contributed by atoms with van der Waals surface area (Å²) in [6, 6.07) is 1.24. The SMILES string of the molecule is FC(F)c1nc(I)cc(CBr)c1OC(F)(F)F. The van der Waals surface area contributed by atoms with Crippen LogP contribution in [-0.2, 0) is 5.33 Å². The van der Waals surface area contributed by atoms with Gasteiger partial charge in [-0.1, -0.05) is 15.9 Å². The molecule has 1 aromatic heterocycles. The summed E-state index contributed by atoms with van der Waals surface area (Å²) in [5, 5.41) is -0.0450. The third-order valence-corrected chi connectivity index (χ3v) is 2.77. The van der Waals surface area contributed by atoms with Crippen LogP contribution in [0.25, 0.3) is 0 Å². The Bertz CT molecular complexity index is 412. The van der Waals surface area contributed by atoms with Gasteiger partial charge in [0.15, 0.2) is 11.4 Å². The minimum Gasteiger partial charge on any atom is -0.403 e. The molecule has 0 saturated carbocycles. The number of halogens is 7. The van der Waals surface area contributed by atoms with Gasteiger partial charge < -0.3 is 4.74 Å². The average Bonchev–Trinajstić information content (AvgIpc) is 2.17. The second kappa shape index (κ2) is 5.63. The van der Waals surface area contributed by atoms with Crippen molar-refractivity contribution in [3.8, 4) is 5.75 Å². The predicted octanol–water partition coefficient (Wildman–Crippen LogP) is 4.42. The maximum Gasteiger partial charge on any atom is 0.573 e. The van der Waals surface area contributed by atoms with Crippen LogP contribution in [0.3, 0.4) is 0 Å². The summed E-state index contributed by atoms with van der Waals surface area (Å²) in [6.07, 6.45) is -8.17. The largest absolute Gasteiger partial charge is 0.573 e. The van der Waals surface area contributed by atoms with Crippen molar-refractivity contribution in [2.24, 2.45) is 0 Å². The highest BCUT2D eigenvalue weighted by Gasteiger charge is 2.35. The summed E-state index contributed by atoms with van der Waals surface area (Å²) in [4.78, 5) is 3.36. The summed E-state index contributed by atoms with van der Waals surface area (Å²) in [7, 11) is 0. The Hall–Kier alpha value is -0.190. The van der Waals surface area contributed by atoms with Gasteiger partial charge in [-0.15, -0.1) is 13.2 Å². The van der Waals surface area contributed by atoms with Crippen molar-refractivity contribution in [2.45, 2.75) is 18.1 Å². The van der Waals surface area contributed by atoms with Crippen LogP contribution in [0, 0.1) is 3.70 Å². The molecule has 9 heteroatoms. The molecule has 0 atom stereocenters. The van der Waals surface area contributed by atoms with E-state index in [-0.39, 0.29) is 14.6 Å². The van der Waals surface area contributed by atoms with Crippen molar-refractivity contribution in [3.05, 3.63) is 21.0 Å². The van der Waals surface area contributed by atoms with Crippen molar-refractivity contribution in [2.75, 3.05) is 0 Å². The van der Waals surface area contributed by atoms with Gasteiger partial charge in [-0.05, 0) is 28.7 Å². The predicted molar refractivity (Wildman–Crippen MR) is 61.2 cm³/mol. The number of aromatic nitrogens is 1. The molecule has 0 aromatic carbocycles. The highest BCUT2D eigenvalue weighted by Crippen LogP contribution is 2.36. The molecule has 0 spiro atoms. The molecular weight excluding hydrogens is 428 g/mol. The lowest BCUT2D eigenvalue weighted by atomic mass is 10.2. The number of hydrogen-bond donors (Lipinski definition) is 0. The molecule has 1 aromatic rings. The standard InChI is InChI=1S/C8H4BrF5INO/c9-2-3-1-4(15)16-5(7(10)11)6(3)17-8(12,13)14/h1,7H,2H2. The normalized spacial score (nSPS) is 12.0. The Morgan fingerprint density at radius 1 is 1.41 bits per heavy atom. The molecule has 0 radical (unpaired) electrons. The van der Waals surface area contributed by atoms with E-state index in [0.717, 1.165) is 0 Å². The van der Waals surface area contributed by atoms with Gasteiger partial charge in [0.2, 0.25) is 0 Å².